The van der Waals surface area contributed by atoms with Crippen LogP contribution in [0.25, 0.3) is 0 Å². The molecule has 1 aromatic carbocycles. The number of carboxylic acid groups (broad SMARTS) is 3. The van der Waals surface area contributed by atoms with E-state index in [9.17, 15) is 9.59 Å². The maximum Gasteiger partial charge on any atom is 0.335 e. The third-order valence-electron chi connectivity index (χ3n) is 1.57. The van der Waals surface area contributed by atoms with Gasteiger partial charge in [0.15, 0.2) is 0 Å². The molecule has 0 saturated carbocycles. The summed E-state index contributed by atoms with van der Waals surface area (Å²) in [5, 5.41) is 24.1. The van der Waals surface area contributed by atoms with Crippen molar-refractivity contribution in [1.29, 1.82) is 0 Å². The van der Waals surface area contributed by atoms with Crippen LogP contribution >= 0.6 is 0 Å². The first-order chi connectivity index (χ1) is 7.42. The lowest BCUT2D eigenvalue weighted by Crippen LogP contribution is -2.02. The molecule has 0 aromatic heterocycles. The van der Waals surface area contributed by atoms with E-state index in [1.54, 1.807) is 6.92 Å². The molecular formula is C10H10O6. The van der Waals surface area contributed by atoms with Crippen molar-refractivity contribution >= 4 is 18.4 Å². The maximum absolute atomic E-state index is 10.5. The molecule has 1 aromatic rings. The number of hydrogen-bond donors (Lipinski definition) is 3. The maximum atomic E-state index is 10.5. The second-order valence-corrected chi connectivity index (χ2v) is 2.80. The molecule has 0 radical (unpaired) electrons. The van der Waals surface area contributed by atoms with Crippen molar-refractivity contribution < 1.29 is 29.7 Å². The van der Waals surface area contributed by atoms with Crippen LogP contribution in [0.1, 0.15) is 26.3 Å². The summed E-state index contributed by atoms with van der Waals surface area (Å²) < 4.78 is 0. The van der Waals surface area contributed by atoms with Crippen molar-refractivity contribution in [3.63, 3.8) is 0 Å². The summed E-state index contributed by atoms with van der Waals surface area (Å²) in [4.78, 5) is 29.4. The van der Waals surface area contributed by atoms with Crippen molar-refractivity contribution in [2.75, 3.05) is 0 Å². The van der Waals surface area contributed by atoms with Crippen molar-refractivity contribution in [1.82, 2.24) is 0 Å². The minimum absolute atomic E-state index is 0.00241. The molecule has 0 atom stereocenters. The van der Waals surface area contributed by atoms with Crippen molar-refractivity contribution in [3.05, 3.63) is 34.9 Å². The lowest BCUT2D eigenvalue weighted by Gasteiger charge is -1.99. The topological polar surface area (TPSA) is 112 Å². The van der Waals surface area contributed by atoms with Gasteiger partial charge in [0, 0.05) is 0 Å². The van der Waals surface area contributed by atoms with E-state index in [1.165, 1.54) is 12.1 Å². The largest absolute Gasteiger partial charge is 0.483 e. The number of benzene rings is 1. The fraction of sp³-hybridized carbons (Fsp3) is 0.100. The summed E-state index contributed by atoms with van der Waals surface area (Å²) >= 11 is 0. The van der Waals surface area contributed by atoms with Crippen molar-refractivity contribution in [2.24, 2.45) is 0 Å². The molecule has 0 aliphatic rings. The van der Waals surface area contributed by atoms with Gasteiger partial charge in [-0.2, -0.15) is 0 Å². The van der Waals surface area contributed by atoms with E-state index in [4.69, 9.17) is 20.1 Å². The molecule has 6 nitrogen and oxygen atoms in total. The first kappa shape index (κ1) is 13.6. The standard InChI is InChI=1S/C9H8O4.CH2O2/c1-5-2-6(8(10)11)4-7(3-5)9(12)13;2-1-3/h2-4H,1H3,(H,10,11)(H,12,13);1H,(H,2,3). The van der Waals surface area contributed by atoms with E-state index in [0.717, 1.165) is 6.07 Å². The Kier molecular flexibility index (Phi) is 5.26. The highest BCUT2D eigenvalue weighted by atomic mass is 16.4. The third kappa shape index (κ3) is 4.23. The van der Waals surface area contributed by atoms with Crippen LogP contribution in [-0.4, -0.2) is 33.7 Å². The van der Waals surface area contributed by atoms with E-state index in [0.29, 0.717) is 5.56 Å². The predicted molar refractivity (Wildman–Crippen MR) is 53.8 cm³/mol. The number of rotatable bonds is 2. The van der Waals surface area contributed by atoms with Gasteiger partial charge in [0.1, 0.15) is 0 Å². The second-order valence-electron chi connectivity index (χ2n) is 2.80. The van der Waals surface area contributed by atoms with Gasteiger partial charge in [-0.15, -0.1) is 0 Å². The predicted octanol–water partition coefficient (Wildman–Crippen LogP) is 1.09. The molecule has 1 rings (SSSR count). The van der Waals surface area contributed by atoms with Gasteiger partial charge in [-0.1, -0.05) is 0 Å². The van der Waals surface area contributed by atoms with Crippen molar-refractivity contribution in [3.8, 4) is 0 Å². The normalized spacial score (nSPS) is 8.56. The summed E-state index contributed by atoms with van der Waals surface area (Å²) in [5.41, 5.74) is 0.618. The lowest BCUT2D eigenvalue weighted by molar-refractivity contribution is -0.122. The minimum atomic E-state index is -1.12. The van der Waals surface area contributed by atoms with E-state index in [2.05, 4.69) is 0 Å². The smallest absolute Gasteiger partial charge is 0.335 e. The first-order valence-corrected chi connectivity index (χ1v) is 4.08. The molecule has 0 fully saturated rings. The third-order valence-corrected chi connectivity index (χ3v) is 1.57. The first-order valence-electron chi connectivity index (χ1n) is 4.08. The van der Waals surface area contributed by atoms with Crippen LogP contribution in [0.3, 0.4) is 0 Å². The SMILES string of the molecule is Cc1cc(C(=O)O)cc(C(=O)O)c1.O=CO. The molecule has 16 heavy (non-hydrogen) atoms. The zero-order chi connectivity index (χ0) is 12.7. The average molecular weight is 226 g/mol. The van der Waals surface area contributed by atoms with Gasteiger partial charge in [0.25, 0.3) is 6.47 Å². The number of hydrogen-bond acceptors (Lipinski definition) is 3. The van der Waals surface area contributed by atoms with Gasteiger partial charge < -0.3 is 15.3 Å². The number of aryl methyl sites for hydroxylation is 1. The fourth-order valence-electron chi connectivity index (χ4n) is 1.03. The monoisotopic (exact) mass is 226 g/mol. The molecule has 0 saturated heterocycles. The van der Waals surface area contributed by atoms with Gasteiger partial charge in [-0.3, -0.25) is 4.79 Å². The van der Waals surface area contributed by atoms with Crippen LogP contribution in [0.15, 0.2) is 18.2 Å². The van der Waals surface area contributed by atoms with Gasteiger partial charge in [-0.25, -0.2) is 9.59 Å². The summed E-state index contributed by atoms with van der Waals surface area (Å²) in [6, 6.07) is 3.99. The Labute approximate surface area is 90.8 Å². The minimum Gasteiger partial charge on any atom is -0.483 e. The van der Waals surface area contributed by atoms with E-state index in [-0.39, 0.29) is 17.6 Å². The highest BCUT2D eigenvalue weighted by Crippen LogP contribution is 2.09. The van der Waals surface area contributed by atoms with Crippen LogP contribution in [0.2, 0.25) is 0 Å². The molecular weight excluding hydrogens is 216 g/mol. The number of aromatic carboxylic acids is 2. The molecule has 0 amide bonds. The molecule has 0 bridgehead atoms. The van der Waals surface area contributed by atoms with Crippen LogP contribution in [0.5, 0.6) is 0 Å². The Morgan fingerprint density at radius 1 is 1.06 bits per heavy atom. The molecule has 0 heterocycles. The van der Waals surface area contributed by atoms with Gasteiger partial charge in [0.05, 0.1) is 11.1 Å². The second kappa shape index (κ2) is 6.18. The highest BCUT2D eigenvalue weighted by Gasteiger charge is 2.09. The Hall–Kier alpha value is -2.37. The van der Waals surface area contributed by atoms with Crippen LogP contribution in [-0.2, 0) is 4.79 Å². The summed E-state index contributed by atoms with van der Waals surface area (Å²) in [6.07, 6.45) is 0. The molecule has 0 spiro atoms. The fourth-order valence-corrected chi connectivity index (χ4v) is 1.03. The van der Waals surface area contributed by atoms with E-state index < -0.39 is 11.9 Å². The Morgan fingerprint density at radius 3 is 1.62 bits per heavy atom. The number of carboxylic acids is 2. The Balaban J connectivity index is 0.000000673. The van der Waals surface area contributed by atoms with Gasteiger partial charge >= 0.3 is 11.9 Å². The molecule has 0 aliphatic carbocycles. The van der Waals surface area contributed by atoms with Crippen molar-refractivity contribution in [2.45, 2.75) is 6.92 Å². The van der Waals surface area contributed by atoms with Crippen LogP contribution < -0.4 is 0 Å². The Morgan fingerprint density at radius 2 is 1.38 bits per heavy atom. The molecule has 3 N–H and O–H groups in total. The molecule has 86 valence electrons. The van der Waals surface area contributed by atoms with E-state index >= 15 is 0 Å². The van der Waals surface area contributed by atoms with Gasteiger partial charge in [0.2, 0.25) is 0 Å². The Bertz CT molecular complexity index is 378. The van der Waals surface area contributed by atoms with Crippen LogP contribution in [0, 0.1) is 6.92 Å². The van der Waals surface area contributed by atoms with Crippen LogP contribution in [0.4, 0.5) is 0 Å². The molecule has 0 aliphatic heterocycles. The number of carbonyl (C=O) groups is 3. The lowest BCUT2D eigenvalue weighted by atomic mass is 10.1. The van der Waals surface area contributed by atoms with Gasteiger partial charge in [-0.05, 0) is 30.7 Å². The quantitative estimate of drug-likeness (QED) is 0.651. The molecule has 0 unspecified atom stereocenters. The highest BCUT2D eigenvalue weighted by molar-refractivity contribution is 5.94. The average Bonchev–Trinajstić information content (AvgIpc) is 2.17. The summed E-state index contributed by atoms with van der Waals surface area (Å²) in [7, 11) is 0. The summed E-state index contributed by atoms with van der Waals surface area (Å²) in [5.74, 6) is -2.24. The molecule has 6 heteroatoms. The zero-order valence-corrected chi connectivity index (χ0v) is 8.38. The summed E-state index contributed by atoms with van der Waals surface area (Å²) in [6.45, 7) is 1.40. The zero-order valence-electron chi connectivity index (χ0n) is 8.38. The van der Waals surface area contributed by atoms with E-state index in [1.807, 2.05) is 0 Å².